The molecule has 0 unspecified atom stereocenters. The van der Waals surface area contributed by atoms with Crippen LogP contribution < -0.4 is 5.32 Å². The lowest BCUT2D eigenvalue weighted by Crippen LogP contribution is -2.50. The predicted octanol–water partition coefficient (Wildman–Crippen LogP) is 3.86. The van der Waals surface area contributed by atoms with Gasteiger partial charge in [0.1, 0.15) is 0 Å². The Hall–Kier alpha value is -1.41. The lowest BCUT2D eigenvalue weighted by atomic mass is 9.81. The Morgan fingerprint density at radius 1 is 1.39 bits per heavy atom. The highest BCUT2D eigenvalue weighted by Gasteiger charge is 2.37. The van der Waals surface area contributed by atoms with Crippen LogP contribution in [0.25, 0.3) is 0 Å². The van der Waals surface area contributed by atoms with E-state index in [0.717, 1.165) is 34.9 Å². The Morgan fingerprint density at radius 3 is 2.61 bits per heavy atom. The maximum absolute atomic E-state index is 6.34. The van der Waals surface area contributed by atoms with E-state index in [4.69, 9.17) is 11.6 Å². The van der Waals surface area contributed by atoms with Gasteiger partial charge in [0, 0.05) is 24.2 Å². The van der Waals surface area contributed by atoms with Gasteiger partial charge in [-0.25, -0.2) is 0 Å². The summed E-state index contributed by atoms with van der Waals surface area (Å²) in [5.74, 6) is 0.869. The summed E-state index contributed by atoms with van der Waals surface area (Å²) in [7, 11) is 1.98. The van der Waals surface area contributed by atoms with Gasteiger partial charge < -0.3 is 10.2 Å². The maximum atomic E-state index is 6.34. The first kappa shape index (κ1) is 13.0. The fraction of sp³-hybridized carbons (Fsp3) is 0.333. The first-order valence-electron chi connectivity index (χ1n) is 6.14. The van der Waals surface area contributed by atoms with Gasteiger partial charge in [-0.2, -0.15) is 0 Å². The largest absolute Gasteiger partial charge is 0.362 e. The second-order valence-corrected chi connectivity index (χ2v) is 5.20. The fourth-order valence-corrected chi connectivity index (χ4v) is 2.79. The van der Waals surface area contributed by atoms with E-state index in [9.17, 15) is 0 Å². The molecular formula is C15H19ClN2. The molecule has 2 rings (SSSR count). The zero-order valence-corrected chi connectivity index (χ0v) is 11.7. The lowest BCUT2D eigenvalue weighted by Gasteiger charge is -2.45. The number of rotatable bonds is 2. The molecule has 1 N–H and O–H groups in total. The molecule has 18 heavy (non-hydrogen) atoms. The van der Waals surface area contributed by atoms with E-state index in [0.29, 0.717) is 0 Å². The van der Waals surface area contributed by atoms with Crippen LogP contribution in [-0.4, -0.2) is 11.9 Å². The van der Waals surface area contributed by atoms with Gasteiger partial charge >= 0.3 is 0 Å². The van der Waals surface area contributed by atoms with Crippen LogP contribution in [-0.2, 0) is 5.54 Å². The van der Waals surface area contributed by atoms with Gasteiger partial charge in [0.05, 0.1) is 11.4 Å². The molecule has 3 heteroatoms. The Balaban J connectivity index is 2.47. The Kier molecular flexibility index (Phi) is 3.40. The normalized spacial score (nSPS) is 24.1. The molecule has 0 radical (unpaired) electrons. The number of nitrogens with zero attached hydrogens (tertiary/aromatic N) is 1. The van der Waals surface area contributed by atoms with Crippen molar-refractivity contribution in [3.8, 4) is 0 Å². The zero-order valence-electron chi connectivity index (χ0n) is 11.0. The number of benzene rings is 1. The third-order valence-corrected chi connectivity index (χ3v) is 4.09. The zero-order chi connectivity index (χ0) is 13.3. The monoisotopic (exact) mass is 262 g/mol. The molecule has 0 saturated carbocycles. The molecule has 2 nitrogen and oxygen atoms in total. The number of halogens is 1. The first-order valence-corrected chi connectivity index (χ1v) is 6.51. The summed E-state index contributed by atoms with van der Waals surface area (Å²) in [5.41, 5.74) is 1.98. The summed E-state index contributed by atoms with van der Waals surface area (Å²) in [6.45, 7) is 10.3. The summed E-state index contributed by atoms with van der Waals surface area (Å²) in [4.78, 5) is 1.99. The van der Waals surface area contributed by atoms with Gasteiger partial charge in [-0.1, -0.05) is 49.9 Å². The van der Waals surface area contributed by atoms with Gasteiger partial charge in [0.25, 0.3) is 0 Å². The van der Waals surface area contributed by atoms with Crippen molar-refractivity contribution in [1.82, 2.24) is 10.2 Å². The van der Waals surface area contributed by atoms with Crippen LogP contribution in [0.3, 0.4) is 0 Å². The maximum Gasteiger partial charge on any atom is 0.0985 e. The molecule has 0 aliphatic carbocycles. The Bertz CT molecular complexity index is 475. The van der Waals surface area contributed by atoms with Crippen molar-refractivity contribution < 1.29 is 0 Å². The van der Waals surface area contributed by atoms with Gasteiger partial charge in [0.2, 0.25) is 0 Å². The molecule has 1 saturated heterocycles. The van der Waals surface area contributed by atoms with E-state index < -0.39 is 0 Å². The number of hydrogen-bond acceptors (Lipinski definition) is 2. The van der Waals surface area contributed by atoms with Crippen LogP contribution in [0.4, 0.5) is 0 Å². The molecule has 1 aromatic rings. The summed E-state index contributed by atoms with van der Waals surface area (Å²) < 4.78 is 0. The smallest absolute Gasteiger partial charge is 0.0985 e. The van der Waals surface area contributed by atoms with E-state index in [2.05, 4.69) is 31.5 Å². The van der Waals surface area contributed by atoms with Crippen LogP contribution in [0.5, 0.6) is 0 Å². The molecule has 1 heterocycles. The molecule has 1 fully saturated rings. The van der Waals surface area contributed by atoms with Crippen LogP contribution in [0.1, 0.15) is 25.3 Å². The standard InChI is InChI=1S/C15H19ClN2/c1-5-15(13-8-6-7-9-14(13)16)10-11(2)18(4)12(3)17-15/h6-9,17H,2-3,5,10H2,1,4H3/t15-/m0/s1. The highest BCUT2D eigenvalue weighted by molar-refractivity contribution is 6.31. The average Bonchev–Trinajstić information content (AvgIpc) is 2.36. The number of nitrogens with one attached hydrogen (secondary N) is 1. The van der Waals surface area contributed by atoms with Crippen molar-refractivity contribution >= 4 is 11.6 Å². The van der Waals surface area contributed by atoms with E-state index in [1.165, 1.54) is 0 Å². The van der Waals surface area contributed by atoms with Crippen molar-refractivity contribution in [1.29, 1.82) is 0 Å². The molecule has 1 aliphatic heterocycles. The van der Waals surface area contributed by atoms with Crippen molar-refractivity contribution in [3.63, 3.8) is 0 Å². The molecule has 0 aromatic heterocycles. The van der Waals surface area contributed by atoms with Crippen LogP contribution in [0.2, 0.25) is 5.02 Å². The number of hydrogen-bond donors (Lipinski definition) is 1. The third-order valence-electron chi connectivity index (χ3n) is 3.76. The third kappa shape index (κ3) is 2.01. The van der Waals surface area contributed by atoms with Crippen molar-refractivity contribution in [2.75, 3.05) is 7.05 Å². The summed E-state index contributed by atoms with van der Waals surface area (Å²) in [6, 6.07) is 7.97. The molecule has 1 aliphatic rings. The lowest BCUT2D eigenvalue weighted by molar-refractivity contribution is 0.241. The second-order valence-electron chi connectivity index (χ2n) is 4.79. The van der Waals surface area contributed by atoms with Gasteiger partial charge in [-0.15, -0.1) is 0 Å². The summed E-state index contributed by atoms with van der Waals surface area (Å²) in [6.07, 6.45) is 1.77. The van der Waals surface area contributed by atoms with E-state index in [1.807, 2.05) is 30.1 Å². The quantitative estimate of drug-likeness (QED) is 0.871. The molecule has 0 bridgehead atoms. The topological polar surface area (TPSA) is 15.3 Å². The first-order chi connectivity index (χ1) is 8.50. The van der Waals surface area contributed by atoms with Gasteiger partial charge in [-0.3, -0.25) is 0 Å². The van der Waals surface area contributed by atoms with Gasteiger partial charge in [-0.05, 0) is 18.1 Å². The van der Waals surface area contributed by atoms with E-state index in [1.54, 1.807) is 0 Å². The van der Waals surface area contributed by atoms with Crippen LogP contribution in [0.15, 0.2) is 48.9 Å². The van der Waals surface area contributed by atoms with Crippen LogP contribution >= 0.6 is 11.6 Å². The Morgan fingerprint density at radius 2 is 2.06 bits per heavy atom. The fourth-order valence-electron chi connectivity index (χ4n) is 2.48. The molecular weight excluding hydrogens is 244 g/mol. The Labute approximate surface area is 114 Å². The predicted molar refractivity (Wildman–Crippen MR) is 77.2 cm³/mol. The van der Waals surface area contributed by atoms with Crippen molar-refractivity contribution in [3.05, 3.63) is 59.5 Å². The SMILES string of the molecule is C=C1C[C@@](CC)(c2ccccc2Cl)NC(=C)N1C. The molecule has 96 valence electrons. The van der Waals surface area contributed by atoms with E-state index in [-0.39, 0.29) is 5.54 Å². The minimum atomic E-state index is -0.195. The minimum Gasteiger partial charge on any atom is -0.362 e. The highest BCUT2D eigenvalue weighted by Crippen LogP contribution is 2.40. The minimum absolute atomic E-state index is 0.195. The molecule has 1 aromatic carbocycles. The van der Waals surface area contributed by atoms with Crippen molar-refractivity contribution in [2.24, 2.45) is 0 Å². The summed E-state index contributed by atoms with van der Waals surface area (Å²) >= 11 is 6.34. The summed E-state index contributed by atoms with van der Waals surface area (Å²) in [5, 5.41) is 4.29. The van der Waals surface area contributed by atoms with Crippen molar-refractivity contribution in [2.45, 2.75) is 25.3 Å². The molecule has 0 amide bonds. The molecule has 0 spiro atoms. The van der Waals surface area contributed by atoms with Gasteiger partial charge in [0.15, 0.2) is 0 Å². The molecule has 1 atom stereocenters. The average molecular weight is 263 g/mol. The second kappa shape index (κ2) is 4.69. The highest BCUT2D eigenvalue weighted by atomic mass is 35.5. The van der Waals surface area contributed by atoms with E-state index >= 15 is 0 Å². The van der Waals surface area contributed by atoms with Crippen LogP contribution in [0, 0.1) is 0 Å².